The van der Waals surface area contributed by atoms with Gasteiger partial charge in [0.1, 0.15) is 0 Å². The van der Waals surface area contributed by atoms with Crippen LogP contribution < -0.4 is 15.2 Å². The number of thiophene rings is 1. The molecular formula is C14H17NO2S. The predicted octanol–water partition coefficient (Wildman–Crippen LogP) is 3.01. The fourth-order valence-corrected chi connectivity index (χ4v) is 2.61. The van der Waals surface area contributed by atoms with Gasteiger partial charge in [-0.2, -0.15) is 0 Å². The van der Waals surface area contributed by atoms with Gasteiger partial charge in [-0.1, -0.05) is 12.1 Å². The zero-order valence-electron chi connectivity index (χ0n) is 10.6. The lowest BCUT2D eigenvalue weighted by Crippen LogP contribution is -2.12. The van der Waals surface area contributed by atoms with Gasteiger partial charge in [-0.25, -0.2) is 0 Å². The van der Waals surface area contributed by atoms with Crippen molar-refractivity contribution >= 4 is 11.3 Å². The maximum Gasteiger partial charge on any atom is 0.161 e. The maximum atomic E-state index is 6.21. The Morgan fingerprint density at radius 3 is 2.56 bits per heavy atom. The van der Waals surface area contributed by atoms with Crippen LogP contribution in [-0.4, -0.2) is 14.2 Å². The second-order valence-electron chi connectivity index (χ2n) is 4.00. The molecule has 0 aliphatic heterocycles. The summed E-state index contributed by atoms with van der Waals surface area (Å²) in [7, 11) is 3.26. The van der Waals surface area contributed by atoms with Gasteiger partial charge in [0.2, 0.25) is 0 Å². The molecule has 0 fully saturated rings. The molecule has 0 saturated carbocycles. The van der Waals surface area contributed by atoms with E-state index in [9.17, 15) is 0 Å². The predicted molar refractivity (Wildman–Crippen MR) is 74.5 cm³/mol. The highest BCUT2D eigenvalue weighted by Crippen LogP contribution is 2.30. The van der Waals surface area contributed by atoms with E-state index >= 15 is 0 Å². The van der Waals surface area contributed by atoms with Crippen LogP contribution in [0.2, 0.25) is 0 Å². The molecule has 0 bridgehead atoms. The Hall–Kier alpha value is -1.52. The minimum absolute atomic E-state index is 0.0246. The SMILES string of the molecule is COc1ccc(C(N)Cc2cccs2)cc1OC. The van der Waals surface area contributed by atoms with Gasteiger partial charge in [0, 0.05) is 17.3 Å². The van der Waals surface area contributed by atoms with E-state index in [1.807, 2.05) is 24.3 Å². The summed E-state index contributed by atoms with van der Waals surface area (Å²) < 4.78 is 10.5. The van der Waals surface area contributed by atoms with Gasteiger partial charge in [0.05, 0.1) is 14.2 Å². The van der Waals surface area contributed by atoms with Gasteiger partial charge < -0.3 is 15.2 Å². The second-order valence-corrected chi connectivity index (χ2v) is 5.04. The Kier molecular flexibility index (Phi) is 4.23. The minimum Gasteiger partial charge on any atom is -0.493 e. The Morgan fingerprint density at radius 2 is 1.94 bits per heavy atom. The Labute approximate surface area is 111 Å². The number of benzene rings is 1. The van der Waals surface area contributed by atoms with E-state index in [1.165, 1.54) is 4.88 Å². The van der Waals surface area contributed by atoms with Crippen LogP contribution >= 0.6 is 11.3 Å². The Bertz CT molecular complexity index is 497. The molecule has 2 aromatic rings. The van der Waals surface area contributed by atoms with Gasteiger partial charge in [-0.15, -0.1) is 11.3 Å². The largest absolute Gasteiger partial charge is 0.493 e. The molecule has 1 heterocycles. The summed E-state index contributed by atoms with van der Waals surface area (Å²) in [5.41, 5.74) is 7.27. The molecule has 1 unspecified atom stereocenters. The zero-order chi connectivity index (χ0) is 13.0. The molecule has 0 amide bonds. The van der Waals surface area contributed by atoms with E-state index in [-0.39, 0.29) is 6.04 Å². The third kappa shape index (κ3) is 2.83. The van der Waals surface area contributed by atoms with Gasteiger partial charge >= 0.3 is 0 Å². The molecule has 0 aliphatic rings. The van der Waals surface area contributed by atoms with Crippen molar-refractivity contribution in [2.24, 2.45) is 5.73 Å². The fraction of sp³-hybridized carbons (Fsp3) is 0.286. The fourth-order valence-electron chi connectivity index (χ4n) is 1.85. The molecule has 18 heavy (non-hydrogen) atoms. The highest BCUT2D eigenvalue weighted by molar-refractivity contribution is 7.09. The van der Waals surface area contributed by atoms with E-state index in [0.717, 1.165) is 23.5 Å². The van der Waals surface area contributed by atoms with Crippen molar-refractivity contribution in [3.05, 3.63) is 46.2 Å². The average molecular weight is 263 g/mol. The van der Waals surface area contributed by atoms with Gasteiger partial charge in [-0.3, -0.25) is 0 Å². The zero-order valence-corrected chi connectivity index (χ0v) is 11.4. The third-order valence-electron chi connectivity index (χ3n) is 2.84. The summed E-state index contributed by atoms with van der Waals surface area (Å²) in [6.45, 7) is 0. The molecule has 0 radical (unpaired) electrons. The van der Waals surface area contributed by atoms with E-state index in [1.54, 1.807) is 25.6 Å². The molecule has 2 rings (SSSR count). The highest BCUT2D eigenvalue weighted by Gasteiger charge is 2.11. The van der Waals surface area contributed by atoms with Crippen molar-refractivity contribution in [1.29, 1.82) is 0 Å². The number of rotatable bonds is 5. The molecule has 2 N–H and O–H groups in total. The lowest BCUT2D eigenvalue weighted by atomic mass is 10.0. The van der Waals surface area contributed by atoms with Gasteiger partial charge in [0.15, 0.2) is 11.5 Å². The standard InChI is InChI=1S/C14H17NO2S/c1-16-13-6-5-10(8-14(13)17-2)12(15)9-11-4-3-7-18-11/h3-8,12H,9,15H2,1-2H3. The quantitative estimate of drug-likeness (QED) is 0.902. The Balaban J connectivity index is 2.17. The second kappa shape index (κ2) is 5.89. The number of methoxy groups -OCH3 is 2. The molecule has 0 aliphatic carbocycles. The minimum atomic E-state index is -0.0246. The summed E-state index contributed by atoms with van der Waals surface area (Å²) in [6, 6.07) is 9.94. The molecule has 1 aromatic carbocycles. The average Bonchev–Trinajstić information content (AvgIpc) is 2.90. The van der Waals surface area contributed by atoms with Crippen molar-refractivity contribution in [2.75, 3.05) is 14.2 Å². The van der Waals surface area contributed by atoms with E-state index in [2.05, 4.69) is 11.4 Å². The first-order valence-electron chi connectivity index (χ1n) is 5.74. The van der Waals surface area contributed by atoms with Crippen LogP contribution in [0, 0.1) is 0 Å². The van der Waals surface area contributed by atoms with Crippen LogP contribution in [0.4, 0.5) is 0 Å². The number of hydrogen-bond acceptors (Lipinski definition) is 4. The highest BCUT2D eigenvalue weighted by atomic mass is 32.1. The molecule has 0 saturated heterocycles. The van der Waals surface area contributed by atoms with Gasteiger partial charge in [-0.05, 0) is 29.1 Å². The molecular weight excluding hydrogens is 246 g/mol. The summed E-state index contributed by atoms with van der Waals surface area (Å²) in [6.07, 6.45) is 0.840. The first-order valence-corrected chi connectivity index (χ1v) is 6.62. The maximum absolute atomic E-state index is 6.21. The molecule has 1 atom stereocenters. The molecule has 1 aromatic heterocycles. The summed E-state index contributed by atoms with van der Waals surface area (Å²) in [5, 5.41) is 2.07. The topological polar surface area (TPSA) is 44.5 Å². The van der Waals surface area contributed by atoms with Crippen LogP contribution in [0.15, 0.2) is 35.7 Å². The van der Waals surface area contributed by atoms with E-state index in [0.29, 0.717) is 0 Å². The van der Waals surface area contributed by atoms with Crippen molar-refractivity contribution in [3.8, 4) is 11.5 Å². The van der Waals surface area contributed by atoms with Gasteiger partial charge in [0.25, 0.3) is 0 Å². The van der Waals surface area contributed by atoms with Crippen LogP contribution in [0.3, 0.4) is 0 Å². The normalized spacial score (nSPS) is 12.2. The van der Waals surface area contributed by atoms with Crippen LogP contribution in [0.5, 0.6) is 11.5 Å². The summed E-state index contributed by atoms with van der Waals surface area (Å²) in [4.78, 5) is 1.29. The van der Waals surface area contributed by atoms with Crippen LogP contribution in [0.1, 0.15) is 16.5 Å². The Morgan fingerprint density at radius 1 is 1.17 bits per heavy atom. The summed E-state index contributed by atoms with van der Waals surface area (Å²) >= 11 is 1.73. The van der Waals surface area contributed by atoms with Crippen LogP contribution in [-0.2, 0) is 6.42 Å². The number of hydrogen-bond donors (Lipinski definition) is 1. The van der Waals surface area contributed by atoms with E-state index < -0.39 is 0 Å². The lowest BCUT2D eigenvalue weighted by Gasteiger charge is -2.14. The molecule has 96 valence electrons. The lowest BCUT2D eigenvalue weighted by molar-refractivity contribution is 0.354. The van der Waals surface area contributed by atoms with Crippen molar-refractivity contribution < 1.29 is 9.47 Å². The number of ether oxygens (including phenoxy) is 2. The first-order chi connectivity index (χ1) is 8.74. The van der Waals surface area contributed by atoms with Crippen molar-refractivity contribution in [1.82, 2.24) is 0 Å². The molecule has 0 spiro atoms. The molecule has 4 heteroatoms. The van der Waals surface area contributed by atoms with Crippen molar-refractivity contribution in [2.45, 2.75) is 12.5 Å². The first kappa shape index (κ1) is 12.9. The monoisotopic (exact) mass is 263 g/mol. The smallest absolute Gasteiger partial charge is 0.161 e. The summed E-state index contributed by atoms with van der Waals surface area (Å²) in [5.74, 6) is 1.45. The third-order valence-corrected chi connectivity index (χ3v) is 3.74. The molecule has 3 nitrogen and oxygen atoms in total. The number of nitrogens with two attached hydrogens (primary N) is 1. The van der Waals surface area contributed by atoms with Crippen LogP contribution in [0.25, 0.3) is 0 Å². The van der Waals surface area contributed by atoms with Crippen molar-refractivity contribution in [3.63, 3.8) is 0 Å². The van der Waals surface area contributed by atoms with E-state index in [4.69, 9.17) is 15.2 Å².